The molecule has 0 radical (unpaired) electrons. The summed E-state index contributed by atoms with van der Waals surface area (Å²) in [4.78, 5) is 24.7. The van der Waals surface area contributed by atoms with E-state index in [0.29, 0.717) is 31.6 Å². The molecule has 6 heteroatoms. The molecule has 1 aromatic carbocycles. The molecule has 0 saturated carbocycles. The molecule has 2 amide bonds. The normalized spacial score (nSPS) is 14.9. The number of nitrogens with one attached hydrogen (secondary N) is 2. The third-order valence-electron chi connectivity index (χ3n) is 3.32. The van der Waals surface area contributed by atoms with Gasteiger partial charge in [-0.2, -0.15) is 0 Å². The van der Waals surface area contributed by atoms with Crippen molar-refractivity contribution in [2.45, 2.75) is 6.42 Å². The largest absolute Gasteiger partial charge is 0.478 e. The molecule has 0 spiro atoms. The van der Waals surface area contributed by atoms with Crippen LogP contribution in [-0.2, 0) is 6.42 Å². The van der Waals surface area contributed by atoms with Crippen LogP contribution in [0.2, 0.25) is 0 Å². The Labute approximate surface area is 117 Å². The second-order valence-electron chi connectivity index (χ2n) is 4.68. The lowest BCUT2D eigenvalue weighted by Gasteiger charge is -2.27. The van der Waals surface area contributed by atoms with Crippen molar-refractivity contribution >= 4 is 12.0 Å². The number of hydrogen-bond donors (Lipinski definition) is 3. The number of amides is 2. The zero-order valence-electron chi connectivity index (χ0n) is 11.3. The first-order valence-corrected chi connectivity index (χ1v) is 6.73. The third kappa shape index (κ3) is 3.71. The van der Waals surface area contributed by atoms with Crippen molar-refractivity contribution in [3.8, 4) is 0 Å². The summed E-state index contributed by atoms with van der Waals surface area (Å²) in [6.45, 7) is 3.48. The van der Waals surface area contributed by atoms with Gasteiger partial charge in [0.15, 0.2) is 0 Å². The summed E-state index contributed by atoms with van der Waals surface area (Å²) >= 11 is 0. The summed E-state index contributed by atoms with van der Waals surface area (Å²) in [6, 6.07) is 6.78. The van der Waals surface area contributed by atoms with Crippen molar-refractivity contribution in [2.24, 2.45) is 0 Å². The molecule has 108 valence electrons. The van der Waals surface area contributed by atoms with Crippen molar-refractivity contribution < 1.29 is 14.7 Å². The van der Waals surface area contributed by atoms with Crippen molar-refractivity contribution in [2.75, 3.05) is 32.7 Å². The molecule has 20 heavy (non-hydrogen) atoms. The Hall–Kier alpha value is -2.08. The molecule has 1 heterocycles. The molecule has 0 bridgehead atoms. The van der Waals surface area contributed by atoms with E-state index in [4.69, 9.17) is 5.11 Å². The van der Waals surface area contributed by atoms with E-state index in [-0.39, 0.29) is 6.03 Å². The fourth-order valence-corrected chi connectivity index (χ4v) is 2.23. The van der Waals surface area contributed by atoms with Crippen molar-refractivity contribution in [3.63, 3.8) is 0 Å². The zero-order chi connectivity index (χ0) is 14.4. The molecule has 0 atom stereocenters. The van der Waals surface area contributed by atoms with Gasteiger partial charge in [0.1, 0.15) is 0 Å². The van der Waals surface area contributed by atoms with Crippen molar-refractivity contribution in [1.82, 2.24) is 15.5 Å². The summed E-state index contributed by atoms with van der Waals surface area (Å²) in [6.07, 6.45) is 0.514. The predicted octanol–water partition coefficient (Wildman–Crippen LogP) is 0.542. The van der Waals surface area contributed by atoms with Crippen LogP contribution in [0.1, 0.15) is 15.9 Å². The maximum atomic E-state index is 11.9. The number of carbonyl (C=O) groups excluding carboxylic acids is 1. The summed E-state index contributed by atoms with van der Waals surface area (Å²) < 4.78 is 0. The Morgan fingerprint density at radius 1 is 1.25 bits per heavy atom. The quantitative estimate of drug-likeness (QED) is 0.750. The second kappa shape index (κ2) is 6.91. The molecule has 6 nitrogen and oxygen atoms in total. The van der Waals surface area contributed by atoms with Crippen LogP contribution >= 0.6 is 0 Å². The highest BCUT2D eigenvalue weighted by molar-refractivity contribution is 5.89. The maximum Gasteiger partial charge on any atom is 0.335 e. The minimum absolute atomic E-state index is 0.0840. The first-order chi connectivity index (χ1) is 9.68. The van der Waals surface area contributed by atoms with Gasteiger partial charge in [0.25, 0.3) is 0 Å². The Morgan fingerprint density at radius 2 is 1.95 bits per heavy atom. The molecular weight excluding hydrogens is 258 g/mol. The van der Waals surface area contributed by atoms with Gasteiger partial charge in [-0.3, -0.25) is 0 Å². The van der Waals surface area contributed by atoms with Crippen molar-refractivity contribution in [1.29, 1.82) is 0 Å². The number of nitrogens with zero attached hydrogens (tertiary/aromatic N) is 1. The number of carboxylic acid groups (broad SMARTS) is 1. The van der Waals surface area contributed by atoms with Crippen LogP contribution in [0.3, 0.4) is 0 Å². The number of aromatic carboxylic acids is 1. The zero-order valence-corrected chi connectivity index (χ0v) is 11.3. The van der Waals surface area contributed by atoms with Crippen molar-refractivity contribution in [3.05, 3.63) is 35.4 Å². The van der Waals surface area contributed by atoms with E-state index in [9.17, 15) is 9.59 Å². The van der Waals surface area contributed by atoms with Crippen LogP contribution in [0.4, 0.5) is 4.79 Å². The highest BCUT2D eigenvalue weighted by Gasteiger charge is 2.15. The number of benzene rings is 1. The first-order valence-electron chi connectivity index (χ1n) is 6.73. The van der Waals surface area contributed by atoms with Gasteiger partial charge in [-0.1, -0.05) is 18.2 Å². The highest BCUT2D eigenvalue weighted by Crippen LogP contribution is 2.09. The standard InChI is InChI=1S/C14H19N3O3/c18-13(19)12-4-2-1-3-11(12)5-6-16-14(20)17-9-7-15-8-10-17/h1-4,15H,5-10H2,(H,16,20)(H,18,19). The number of piperazine rings is 1. The van der Waals surface area contributed by atoms with Crippen LogP contribution in [0.5, 0.6) is 0 Å². The Morgan fingerprint density at radius 3 is 2.65 bits per heavy atom. The summed E-state index contributed by atoms with van der Waals surface area (Å²) in [7, 11) is 0. The third-order valence-corrected chi connectivity index (χ3v) is 3.32. The topological polar surface area (TPSA) is 81.7 Å². The molecule has 1 aromatic rings. The summed E-state index contributed by atoms with van der Waals surface area (Å²) in [5, 5.41) is 15.1. The Balaban J connectivity index is 1.83. The van der Waals surface area contributed by atoms with Crippen LogP contribution < -0.4 is 10.6 Å². The van der Waals surface area contributed by atoms with E-state index in [1.807, 2.05) is 0 Å². The van der Waals surface area contributed by atoms with E-state index < -0.39 is 5.97 Å². The van der Waals surface area contributed by atoms with Crippen LogP contribution in [0.15, 0.2) is 24.3 Å². The number of carbonyl (C=O) groups is 2. The van der Waals surface area contributed by atoms with E-state index in [1.165, 1.54) is 0 Å². The molecule has 1 saturated heterocycles. The van der Waals surface area contributed by atoms with Gasteiger partial charge in [0, 0.05) is 32.7 Å². The molecule has 0 unspecified atom stereocenters. The SMILES string of the molecule is O=C(O)c1ccccc1CCNC(=O)N1CCNCC1. The van der Waals surface area contributed by atoms with E-state index in [0.717, 1.165) is 18.7 Å². The van der Waals surface area contributed by atoms with Gasteiger partial charge in [-0.25, -0.2) is 9.59 Å². The fraction of sp³-hybridized carbons (Fsp3) is 0.429. The summed E-state index contributed by atoms with van der Waals surface area (Å²) in [5.41, 5.74) is 1.03. The minimum atomic E-state index is -0.936. The monoisotopic (exact) mass is 277 g/mol. The van der Waals surface area contributed by atoms with Gasteiger partial charge in [0.05, 0.1) is 5.56 Å². The lowest BCUT2D eigenvalue weighted by Crippen LogP contribution is -2.50. The van der Waals surface area contributed by atoms with E-state index >= 15 is 0 Å². The lowest BCUT2D eigenvalue weighted by molar-refractivity contribution is 0.0695. The minimum Gasteiger partial charge on any atom is -0.478 e. The number of hydrogen-bond acceptors (Lipinski definition) is 3. The predicted molar refractivity (Wildman–Crippen MR) is 74.9 cm³/mol. The molecule has 0 aromatic heterocycles. The molecular formula is C14H19N3O3. The number of urea groups is 1. The molecule has 3 N–H and O–H groups in total. The summed E-state index contributed by atoms with van der Waals surface area (Å²) in [5.74, 6) is -0.936. The fourth-order valence-electron chi connectivity index (χ4n) is 2.23. The highest BCUT2D eigenvalue weighted by atomic mass is 16.4. The molecule has 1 aliphatic heterocycles. The van der Waals surface area contributed by atoms with Crippen LogP contribution in [-0.4, -0.2) is 54.7 Å². The lowest BCUT2D eigenvalue weighted by atomic mass is 10.0. The maximum absolute atomic E-state index is 11.9. The number of rotatable bonds is 4. The van der Waals surface area contributed by atoms with Gasteiger partial charge in [-0.15, -0.1) is 0 Å². The van der Waals surface area contributed by atoms with Gasteiger partial charge >= 0.3 is 12.0 Å². The Kier molecular flexibility index (Phi) is 4.95. The Bertz CT molecular complexity index is 484. The second-order valence-corrected chi connectivity index (χ2v) is 4.68. The van der Waals surface area contributed by atoms with Crippen LogP contribution in [0, 0.1) is 0 Å². The molecule has 1 aliphatic rings. The molecule has 1 fully saturated rings. The van der Waals surface area contributed by atoms with Gasteiger partial charge in [-0.05, 0) is 18.1 Å². The van der Waals surface area contributed by atoms with Gasteiger partial charge < -0.3 is 20.6 Å². The average molecular weight is 277 g/mol. The average Bonchev–Trinajstić information content (AvgIpc) is 2.48. The smallest absolute Gasteiger partial charge is 0.335 e. The molecule has 0 aliphatic carbocycles. The molecule has 2 rings (SSSR count). The van der Waals surface area contributed by atoms with E-state index in [1.54, 1.807) is 29.2 Å². The first kappa shape index (κ1) is 14.3. The van der Waals surface area contributed by atoms with E-state index in [2.05, 4.69) is 10.6 Å². The van der Waals surface area contributed by atoms with Gasteiger partial charge in [0.2, 0.25) is 0 Å². The van der Waals surface area contributed by atoms with Crippen LogP contribution in [0.25, 0.3) is 0 Å². The number of carboxylic acids is 1.